The third-order valence-corrected chi connectivity index (χ3v) is 5.34. The smallest absolute Gasteiger partial charge is 0.323 e. The van der Waals surface area contributed by atoms with Crippen LogP contribution in [0.1, 0.15) is 38.2 Å². The molecular weight excluding hydrogens is 351 g/mol. The van der Waals surface area contributed by atoms with Crippen molar-refractivity contribution in [2.45, 2.75) is 44.7 Å². The van der Waals surface area contributed by atoms with Crippen molar-refractivity contribution in [1.82, 2.24) is 10.2 Å². The molecule has 1 N–H and O–H groups in total. The Bertz CT molecular complexity index is 637. The molecule has 2 fully saturated rings. The molecule has 1 saturated heterocycles. The Balaban J connectivity index is 1.86. The molecule has 3 rings (SSSR count). The fourth-order valence-corrected chi connectivity index (χ4v) is 3.79. The van der Waals surface area contributed by atoms with Crippen LogP contribution in [0.15, 0.2) is 22.7 Å². The number of halogens is 2. The Kier molecular flexibility index (Phi) is 3.97. The van der Waals surface area contributed by atoms with Gasteiger partial charge in [0.2, 0.25) is 0 Å². The fourth-order valence-electron chi connectivity index (χ4n) is 3.46. The zero-order valence-electron chi connectivity index (χ0n) is 12.4. The summed E-state index contributed by atoms with van der Waals surface area (Å²) in [5.74, 6) is -0.530. The van der Waals surface area contributed by atoms with Gasteiger partial charge in [-0.1, -0.05) is 41.8 Å². The lowest BCUT2D eigenvalue weighted by atomic mass is 9.73. The Morgan fingerprint density at radius 1 is 1.41 bits per heavy atom. The minimum atomic E-state index is -0.791. The van der Waals surface area contributed by atoms with Crippen LogP contribution in [0, 0.1) is 11.7 Å². The lowest BCUT2D eigenvalue weighted by Crippen LogP contribution is -2.53. The molecule has 0 radical (unpaired) electrons. The first-order chi connectivity index (χ1) is 10.4. The maximum atomic E-state index is 14.0. The quantitative estimate of drug-likeness (QED) is 0.810. The van der Waals surface area contributed by atoms with Gasteiger partial charge in [0.1, 0.15) is 11.4 Å². The molecule has 1 aromatic carbocycles. The van der Waals surface area contributed by atoms with Crippen molar-refractivity contribution in [3.63, 3.8) is 0 Å². The van der Waals surface area contributed by atoms with Crippen molar-refractivity contribution in [1.29, 1.82) is 0 Å². The first kappa shape index (κ1) is 15.5. The van der Waals surface area contributed by atoms with Crippen LogP contribution in [-0.4, -0.2) is 22.4 Å². The molecule has 1 spiro atoms. The Morgan fingerprint density at radius 2 is 2.18 bits per heavy atom. The van der Waals surface area contributed by atoms with E-state index in [1.54, 1.807) is 12.1 Å². The topological polar surface area (TPSA) is 49.4 Å². The van der Waals surface area contributed by atoms with Gasteiger partial charge in [-0.25, -0.2) is 9.18 Å². The van der Waals surface area contributed by atoms with Crippen molar-refractivity contribution in [3.8, 4) is 0 Å². The highest BCUT2D eigenvalue weighted by molar-refractivity contribution is 9.10. The summed E-state index contributed by atoms with van der Waals surface area (Å²) in [6.07, 6.45) is 3.59. The average Bonchev–Trinajstić information content (AvgIpc) is 2.70. The standard InChI is InChI=1S/C16H18BrFN2O2/c1-10-4-2-3-7-16(10)14(21)20(15(22)19-16)9-11-5-6-12(17)8-13(11)18/h5-6,8,10H,2-4,7,9H2,1H3,(H,19,22)/t10-,16+/m0/s1. The van der Waals surface area contributed by atoms with Crippen molar-refractivity contribution in [3.05, 3.63) is 34.1 Å². The Morgan fingerprint density at radius 3 is 2.86 bits per heavy atom. The maximum Gasteiger partial charge on any atom is 0.325 e. The molecule has 2 aliphatic rings. The monoisotopic (exact) mass is 368 g/mol. The van der Waals surface area contributed by atoms with Gasteiger partial charge in [0.25, 0.3) is 5.91 Å². The van der Waals surface area contributed by atoms with E-state index in [0.29, 0.717) is 16.5 Å². The molecule has 1 aliphatic heterocycles. The molecule has 0 bridgehead atoms. The van der Waals surface area contributed by atoms with Gasteiger partial charge in [-0.15, -0.1) is 0 Å². The summed E-state index contributed by atoms with van der Waals surface area (Å²) in [5, 5.41) is 2.88. The third kappa shape index (κ3) is 2.43. The first-order valence-corrected chi connectivity index (χ1v) is 8.31. The minimum Gasteiger partial charge on any atom is -0.323 e. The van der Waals surface area contributed by atoms with Crippen LogP contribution in [0.4, 0.5) is 9.18 Å². The second-order valence-corrected chi connectivity index (χ2v) is 7.09. The summed E-state index contributed by atoms with van der Waals surface area (Å²) in [7, 11) is 0. The molecule has 4 nitrogen and oxygen atoms in total. The lowest BCUT2D eigenvalue weighted by Gasteiger charge is -2.36. The van der Waals surface area contributed by atoms with Crippen molar-refractivity contribution < 1.29 is 14.0 Å². The first-order valence-electron chi connectivity index (χ1n) is 7.52. The molecule has 2 atom stereocenters. The molecule has 3 amide bonds. The number of carbonyl (C=O) groups excluding carboxylic acids is 2. The number of imide groups is 1. The molecule has 22 heavy (non-hydrogen) atoms. The lowest BCUT2D eigenvalue weighted by molar-refractivity contribution is -0.134. The number of hydrogen-bond acceptors (Lipinski definition) is 2. The summed E-state index contributed by atoms with van der Waals surface area (Å²) in [4.78, 5) is 26.2. The van der Waals surface area contributed by atoms with Gasteiger partial charge >= 0.3 is 6.03 Å². The van der Waals surface area contributed by atoms with Crippen molar-refractivity contribution in [2.75, 3.05) is 0 Å². The van der Waals surface area contributed by atoms with Crippen molar-refractivity contribution in [2.24, 2.45) is 5.92 Å². The van der Waals surface area contributed by atoms with Crippen LogP contribution >= 0.6 is 15.9 Å². The molecule has 118 valence electrons. The number of amides is 3. The minimum absolute atomic E-state index is 0.0295. The average molecular weight is 369 g/mol. The van der Waals surface area contributed by atoms with Crippen LogP contribution in [0.2, 0.25) is 0 Å². The van der Waals surface area contributed by atoms with E-state index in [1.807, 2.05) is 6.92 Å². The number of hydrogen-bond donors (Lipinski definition) is 1. The van der Waals surface area contributed by atoms with E-state index in [9.17, 15) is 14.0 Å². The van der Waals surface area contributed by atoms with Crippen LogP contribution in [-0.2, 0) is 11.3 Å². The van der Waals surface area contributed by atoms with E-state index in [4.69, 9.17) is 0 Å². The molecule has 1 aromatic rings. The number of nitrogens with one attached hydrogen (secondary N) is 1. The van der Waals surface area contributed by atoms with Crippen LogP contribution in [0.25, 0.3) is 0 Å². The van der Waals surface area contributed by atoms with E-state index in [0.717, 1.165) is 24.2 Å². The SMILES string of the molecule is C[C@H]1CCCC[C@@]12NC(=O)N(Cc1ccc(Br)cc1F)C2=O. The van der Waals surface area contributed by atoms with Crippen LogP contribution < -0.4 is 5.32 Å². The zero-order chi connectivity index (χ0) is 15.9. The highest BCUT2D eigenvalue weighted by Gasteiger charge is 2.54. The summed E-state index contributed by atoms with van der Waals surface area (Å²) in [5.41, 5.74) is -0.450. The van der Waals surface area contributed by atoms with E-state index < -0.39 is 17.4 Å². The predicted molar refractivity (Wildman–Crippen MR) is 83.5 cm³/mol. The van der Waals surface area contributed by atoms with Crippen molar-refractivity contribution >= 4 is 27.9 Å². The molecular formula is C16H18BrFN2O2. The summed E-state index contributed by atoms with van der Waals surface area (Å²) < 4.78 is 14.6. The Hall–Kier alpha value is -1.43. The summed E-state index contributed by atoms with van der Waals surface area (Å²) >= 11 is 3.20. The van der Waals surface area contributed by atoms with Gasteiger partial charge in [-0.2, -0.15) is 0 Å². The highest BCUT2D eigenvalue weighted by Crippen LogP contribution is 2.38. The van der Waals surface area contributed by atoms with E-state index in [2.05, 4.69) is 21.2 Å². The third-order valence-electron chi connectivity index (χ3n) is 4.85. The number of rotatable bonds is 2. The summed E-state index contributed by atoms with van der Waals surface area (Å²) in [6, 6.07) is 4.22. The van der Waals surface area contributed by atoms with Gasteiger partial charge in [0, 0.05) is 10.0 Å². The molecule has 1 heterocycles. The van der Waals surface area contributed by atoms with Crippen LogP contribution in [0.3, 0.4) is 0 Å². The fraction of sp³-hybridized carbons (Fsp3) is 0.500. The van der Waals surface area contributed by atoms with E-state index in [-0.39, 0.29) is 18.4 Å². The number of nitrogens with zero attached hydrogens (tertiary/aromatic N) is 1. The molecule has 0 aromatic heterocycles. The van der Waals surface area contributed by atoms with E-state index >= 15 is 0 Å². The second kappa shape index (κ2) is 5.65. The number of benzene rings is 1. The van der Waals surface area contributed by atoms with E-state index in [1.165, 1.54) is 6.07 Å². The maximum absolute atomic E-state index is 14.0. The Labute approximate surface area is 137 Å². The largest absolute Gasteiger partial charge is 0.325 e. The molecule has 0 unspecified atom stereocenters. The van der Waals surface area contributed by atoms with Gasteiger partial charge in [0.15, 0.2) is 0 Å². The molecule has 1 saturated carbocycles. The number of carbonyl (C=O) groups is 2. The number of urea groups is 1. The van der Waals surface area contributed by atoms with Gasteiger partial charge in [-0.05, 0) is 30.9 Å². The normalized spacial score (nSPS) is 28.3. The van der Waals surface area contributed by atoms with Gasteiger partial charge < -0.3 is 5.32 Å². The van der Waals surface area contributed by atoms with Crippen LogP contribution in [0.5, 0.6) is 0 Å². The molecule has 1 aliphatic carbocycles. The van der Waals surface area contributed by atoms with Gasteiger partial charge in [-0.3, -0.25) is 9.69 Å². The zero-order valence-corrected chi connectivity index (χ0v) is 14.0. The second-order valence-electron chi connectivity index (χ2n) is 6.18. The summed E-state index contributed by atoms with van der Waals surface area (Å²) in [6.45, 7) is 1.97. The molecule has 6 heteroatoms. The highest BCUT2D eigenvalue weighted by atomic mass is 79.9. The van der Waals surface area contributed by atoms with Gasteiger partial charge in [0.05, 0.1) is 6.54 Å². The predicted octanol–water partition coefficient (Wildman–Crippen LogP) is 3.59.